The molecule has 17 heavy (non-hydrogen) atoms. The van der Waals surface area contributed by atoms with Gasteiger partial charge in [0.1, 0.15) is 17.5 Å². The predicted molar refractivity (Wildman–Crippen MR) is 67.5 cm³/mol. The van der Waals surface area contributed by atoms with Gasteiger partial charge in [-0.15, -0.1) is 0 Å². The van der Waals surface area contributed by atoms with Crippen LogP contribution >= 0.6 is 0 Å². The quantitative estimate of drug-likeness (QED) is 0.871. The smallest absolute Gasteiger partial charge is 0.140 e. The van der Waals surface area contributed by atoms with Gasteiger partial charge in [0.25, 0.3) is 0 Å². The van der Waals surface area contributed by atoms with Crippen LogP contribution in [0.15, 0.2) is 0 Å². The molecule has 0 aromatic carbocycles. The Morgan fingerprint density at radius 1 is 1.41 bits per heavy atom. The zero-order valence-electron chi connectivity index (χ0n) is 10.4. The molecule has 0 radical (unpaired) electrons. The lowest BCUT2D eigenvalue weighted by molar-refractivity contribution is 0.430. The lowest BCUT2D eigenvalue weighted by Crippen LogP contribution is -2.07. The molecule has 1 heterocycles. The van der Waals surface area contributed by atoms with E-state index in [1.54, 1.807) is 4.68 Å². The molecule has 0 bridgehead atoms. The fourth-order valence-corrected chi connectivity index (χ4v) is 2.65. The van der Waals surface area contributed by atoms with Crippen LogP contribution < -0.4 is 5.73 Å². The number of nitrogens with two attached hydrogens (primary N) is 1. The minimum absolute atomic E-state index is 0.443. The van der Waals surface area contributed by atoms with Crippen molar-refractivity contribution in [1.82, 2.24) is 9.78 Å². The van der Waals surface area contributed by atoms with Gasteiger partial charge in [0.15, 0.2) is 0 Å². The molecule has 2 N–H and O–H groups in total. The summed E-state index contributed by atoms with van der Waals surface area (Å²) >= 11 is 0. The molecule has 1 aliphatic carbocycles. The van der Waals surface area contributed by atoms with Crippen molar-refractivity contribution >= 4 is 5.82 Å². The summed E-state index contributed by atoms with van der Waals surface area (Å²) in [5, 5.41) is 13.8. The van der Waals surface area contributed by atoms with Gasteiger partial charge in [-0.05, 0) is 19.3 Å². The molecule has 1 aromatic heterocycles. The summed E-state index contributed by atoms with van der Waals surface area (Å²) in [7, 11) is 0. The van der Waals surface area contributed by atoms with Crippen LogP contribution in [0.5, 0.6) is 0 Å². The number of hydrogen-bond donors (Lipinski definition) is 1. The third-order valence-corrected chi connectivity index (χ3v) is 3.56. The molecule has 1 aromatic rings. The van der Waals surface area contributed by atoms with Crippen molar-refractivity contribution in [2.45, 2.75) is 57.9 Å². The molecule has 92 valence electrons. The first-order valence-electron chi connectivity index (χ1n) is 6.54. The Hall–Kier alpha value is -1.50. The van der Waals surface area contributed by atoms with Gasteiger partial charge in [-0.25, -0.2) is 4.68 Å². The summed E-state index contributed by atoms with van der Waals surface area (Å²) in [6.07, 6.45) is 7.09. The average Bonchev–Trinajstić information content (AvgIpc) is 2.68. The molecule has 1 saturated carbocycles. The zero-order valence-corrected chi connectivity index (χ0v) is 10.4. The molecule has 4 nitrogen and oxygen atoms in total. The standard InChI is InChI=1S/C13H20N4/c1-2-8-17-13(15)11(9-14)12(16-17)10-6-4-3-5-7-10/h10H,2-8,15H2,1H3. The SMILES string of the molecule is CCCn1nc(C2CCCCC2)c(C#N)c1N. The normalized spacial score (nSPS) is 16.9. The molecule has 0 amide bonds. The number of nitrogens with zero attached hydrogens (tertiary/aromatic N) is 3. The Labute approximate surface area is 102 Å². The summed E-state index contributed by atoms with van der Waals surface area (Å²) in [6, 6.07) is 2.23. The first kappa shape index (κ1) is 12.0. The van der Waals surface area contributed by atoms with Gasteiger partial charge in [0.05, 0.1) is 5.69 Å². The fraction of sp³-hybridized carbons (Fsp3) is 0.692. The highest BCUT2D eigenvalue weighted by atomic mass is 15.3. The number of anilines is 1. The molecular formula is C13H20N4. The minimum Gasteiger partial charge on any atom is -0.383 e. The van der Waals surface area contributed by atoms with E-state index < -0.39 is 0 Å². The molecule has 1 fully saturated rings. The number of hydrogen-bond acceptors (Lipinski definition) is 3. The van der Waals surface area contributed by atoms with E-state index in [1.165, 1.54) is 19.3 Å². The largest absolute Gasteiger partial charge is 0.383 e. The Morgan fingerprint density at radius 3 is 2.71 bits per heavy atom. The monoisotopic (exact) mass is 232 g/mol. The molecule has 0 unspecified atom stereocenters. The van der Waals surface area contributed by atoms with Crippen molar-refractivity contribution in [2.24, 2.45) is 0 Å². The van der Waals surface area contributed by atoms with Crippen LogP contribution in [0.4, 0.5) is 5.82 Å². The molecule has 0 atom stereocenters. The van der Waals surface area contributed by atoms with Crippen molar-refractivity contribution in [3.8, 4) is 6.07 Å². The average molecular weight is 232 g/mol. The molecule has 1 aliphatic rings. The van der Waals surface area contributed by atoms with Crippen molar-refractivity contribution < 1.29 is 0 Å². The Bertz CT molecular complexity index is 421. The maximum atomic E-state index is 9.23. The van der Waals surface area contributed by atoms with Crippen LogP contribution in [0.1, 0.15) is 62.6 Å². The van der Waals surface area contributed by atoms with Gasteiger partial charge in [-0.1, -0.05) is 26.2 Å². The van der Waals surface area contributed by atoms with E-state index in [2.05, 4.69) is 18.1 Å². The van der Waals surface area contributed by atoms with Crippen LogP contribution in [0.3, 0.4) is 0 Å². The lowest BCUT2D eigenvalue weighted by atomic mass is 9.85. The highest BCUT2D eigenvalue weighted by Gasteiger charge is 2.24. The first-order chi connectivity index (χ1) is 8.27. The Morgan fingerprint density at radius 2 is 2.12 bits per heavy atom. The van der Waals surface area contributed by atoms with E-state index in [9.17, 15) is 5.26 Å². The molecule has 0 saturated heterocycles. The van der Waals surface area contributed by atoms with Gasteiger partial charge in [-0.2, -0.15) is 10.4 Å². The third-order valence-electron chi connectivity index (χ3n) is 3.56. The second-order valence-electron chi connectivity index (χ2n) is 4.82. The van der Waals surface area contributed by atoms with Crippen LogP contribution in [-0.4, -0.2) is 9.78 Å². The van der Waals surface area contributed by atoms with E-state index in [0.717, 1.165) is 31.5 Å². The minimum atomic E-state index is 0.443. The van der Waals surface area contributed by atoms with E-state index in [0.29, 0.717) is 17.3 Å². The van der Waals surface area contributed by atoms with Crippen LogP contribution in [0, 0.1) is 11.3 Å². The summed E-state index contributed by atoms with van der Waals surface area (Å²) in [4.78, 5) is 0. The maximum Gasteiger partial charge on any atom is 0.140 e. The Kier molecular flexibility index (Phi) is 3.68. The molecule has 2 rings (SSSR count). The zero-order chi connectivity index (χ0) is 12.3. The summed E-state index contributed by atoms with van der Waals surface area (Å²) in [5.74, 6) is 0.994. The topological polar surface area (TPSA) is 67.6 Å². The second kappa shape index (κ2) is 5.22. The molecule has 0 spiro atoms. The maximum absolute atomic E-state index is 9.23. The number of aromatic nitrogens is 2. The van der Waals surface area contributed by atoms with E-state index in [1.807, 2.05) is 0 Å². The van der Waals surface area contributed by atoms with Crippen LogP contribution in [0.25, 0.3) is 0 Å². The van der Waals surface area contributed by atoms with E-state index in [4.69, 9.17) is 5.73 Å². The van der Waals surface area contributed by atoms with E-state index >= 15 is 0 Å². The molecular weight excluding hydrogens is 212 g/mol. The highest BCUT2D eigenvalue weighted by Crippen LogP contribution is 2.35. The van der Waals surface area contributed by atoms with Crippen molar-refractivity contribution in [1.29, 1.82) is 5.26 Å². The number of rotatable bonds is 3. The molecule has 0 aliphatic heterocycles. The highest BCUT2D eigenvalue weighted by molar-refractivity contribution is 5.53. The summed E-state index contributed by atoms with van der Waals surface area (Å²) in [5.41, 5.74) is 7.54. The van der Waals surface area contributed by atoms with Crippen molar-refractivity contribution in [3.05, 3.63) is 11.3 Å². The Balaban J connectivity index is 2.32. The van der Waals surface area contributed by atoms with Gasteiger partial charge in [0, 0.05) is 12.5 Å². The number of nitrogen functional groups attached to an aromatic ring is 1. The van der Waals surface area contributed by atoms with Gasteiger partial charge in [-0.3, -0.25) is 0 Å². The van der Waals surface area contributed by atoms with Gasteiger partial charge >= 0.3 is 0 Å². The third kappa shape index (κ3) is 2.28. The van der Waals surface area contributed by atoms with Crippen molar-refractivity contribution in [2.75, 3.05) is 5.73 Å². The van der Waals surface area contributed by atoms with Gasteiger partial charge < -0.3 is 5.73 Å². The van der Waals surface area contributed by atoms with Crippen LogP contribution in [-0.2, 0) is 6.54 Å². The van der Waals surface area contributed by atoms with Crippen LogP contribution in [0.2, 0.25) is 0 Å². The fourth-order valence-electron chi connectivity index (χ4n) is 2.65. The van der Waals surface area contributed by atoms with E-state index in [-0.39, 0.29) is 0 Å². The summed E-state index contributed by atoms with van der Waals surface area (Å²) < 4.78 is 1.79. The lowest BCUT2D eigenvalue weighted by Gasteiger charge is -2.19. The first-order valence-corrected chi connectivity index (χ1v) is 6.54. The molecule has 4 heteroatoms. The summed E-state index contributed by atoms with van der Waals surface area (Å²) in [6.45, 7) is 2.89. The second-order valence-corrected chi connectivity index (χ2v) is 4.82. The number of aryl methyl sites for hydroxylation is 1. The van der Waals surface area contributed by atoms with Gasteiger partial charge in [0.2, 0.25) is 0 Å². The predicted octanol–water partition coefficient (Wildman–Crippen LogP) is 2.79. The number of nitriles is 1. The van der Waals surface area contributed by atoms with Crippen molar-refractivity contribution in [3.63, 3.8) is 0 Å².